The minimum Gasteiger partial charge on any atom is -0.119 e. The van der Waals surface area contributed by atoms with Crippen molar-refractivity contribution in [2.75, 3.05) is 0 Å². The molecule has 1 rings (SSSR count). The average Bonchev–Trinajstić information content (AvgIpc) is 2.23. The molecule has 0 bridgehead atoms. The maximum atomic E-state index is 5.40. The number of benzene rings is 1. The van der Waals surface area contributed by atoms with Gasteiger partial charge in [-0.3, -0.25) is 0 Å². The summed E-state index contributed by atoms with van der Waals surface area (Å²) in [6.07, 6.45) is 7.55. The van der Waals surface area contributed by atoms with Crippen LogP contribution in [0.15, 0.2) is 18.2 Å². The zero-order valence-electron chi connectivity index (χ0n) is 10.9. The maximum Gasteiger partial charge on any atom is 0.0357 e. The zero-order valence-corrected chi connectivity index (χ0v) is 10.9. The van der Waals surface area contributed by atoms with Gasteiger partial charge in [0.15, 0.2) is 0 Å². The second-order valence-corrected chi connectivity index (χ2v) is 4.56. The Hall–Kier alpha value is -1.48. The smallest absolute Gasteiger partial charge is 0.0357 e. The van der Waals surface area contributed by atoms with Crippen LogP contribution in [0.3, 0.4) is 0 Å². The highest BCUT2D eigenvalue weighted by molar-refractivity contribution is 5.68. The first kappa shape index (κ1) is 12.6. The van der Waals surface area contributed by atoms with Crippen LogP contribution in [0.1, 0.15) is 36.1 Å². The van der Waals surface area contributed by atoms with Crippen LogP contribution < -0.4 is 0 Å². The van der Waals surface area contributed by atoms with Crippen molar-refractivity contribution < 1.29 is 0 Å². The molecule has 0 radical (unpaired) electrons. The third kappa shape index (κ3) is 2.76. The molecule has 0 heterocycles. The lowest BCUT2D eigenvalue weighted by atomic mass is 9.94. The summed E-state index contributed by atoms with van der Waals surface area (Å²) in [7, 11) is 0. The first-order valence-corrected chi connectivity index (χ1v) is 5.68. The second kappa shape index (κ2) is 5.03. The Balaban J connectivity index is 3.20. The lowest BCUT2D eigenvalue weighted by Crippen LogP contribution is -1.93. The number of terminal acetylenes is 1. The second-order valence-electron chi connectivity index (χ2n) is 4.56. The average molecular weight is 212 g/mol. The highest BCUT2D eigenvalue weighted by Gasteiger charge is 2.04. The van der Waals surface area contributed by atoms with Crippen molar-refractivity contribution in [3.63, 3.8) is 0 Å². The molecule has 0 aliphatic rings. The molecule has 1 aromatic rings. The summed E-state index contributed by atoms with van der Waals surface area (Å²) in [5.74, 6) is 2.93. The van der Waals surface area contributed by atoms with Crippen molar-refractivity contribution in [2.45, 2.75) is 34.6 Å². The van der Waals surface area contributed by atoms with E-state index in [0.717, 1.165) is 0 Å². The Morgan fingerprint density at radius 1 is 1.19 bits per heavy atom. The molecule has 0 aliphatic heterocycles. The highest BCUT2D eigenvalue weighted by atomic mass is 14.1. The molecule has 16 heavy (non-hydrogen) atoms. The fourth-order valence-electron chi connectivity index (χ4n) is 1.90. The summed E-state index contributed by atoms with van der Waals surface area (Å²) < 4.78 is 0. The Bertz CT molecular complexity index is 456. The van der Waals surface area contributed by atoms with E-state index in [4.69, 9.17) is 6.42 Å². The van der Waals surface area contributed by atoms with E-state index in [1.54, 1.807) is 0 Å². The van der Waals surface area contributed by atoms with Gasteiger partial charge in [0, 0.05) is 5.92 Å². The molecule has 0 aliphatic carbocycles. The summed E-state index contributed by atoms with van der Waals surface area (Å²) in [6.45, 7) is 10.6. The molecular formula is C16H20. The molecule has 0 saturated carbocycles. The number of aryl methyl sites for hydroxylation is 3. The van der Waals surface area contributed by atoms with Crippen molar-refractivity contribution in [1.29, 1.82) is 0 Å². The van der Waals surface area contributed by atoms with Crippen LogP contribution in [0.4, 0.5) is 0 Å². The SMILES string of the molecule is C#C[C@H](C)/C=C(/C)c1cc(C)c(C)cc1C. The summed E-state index contributed by atoms with van der Waals surface area (Å²) in [4.78, 5) is 0. The molecule has 0 fully saturated rings. The van der Waals surface area contributed by atoms with Gasteiger partial charge in [-0.2, -0.15) is 0 Å². The molecule has 0 saturated heterocycles. The monoisotopic (exact) mass is 212 g/mol. The van der Waals surface area contributed by atoms with E-state index in [-0.39, 0.29) is 5.92 Å². The van der Waals surface area contributed by atoms with Crippen molar-refractivity contribution in [3.05, 3.63) is 40.5 Å². The third-order valence-corrected chi connectivity index (χ3v) is 3.03. The van der Waals surface area contributed by atoms with Crippen LogP contribution in [0.5, 0.6) is 0 Å². The highest BCUT2D eigenvalue weighted by Crippen LogP contribution is 2.23. The number of rotatable bonds is 2. The first-order chi connectivity index (χ1) is 7.45. The quantitative estimate of drug-likeness (QED) is 0.642. The van der Waals surface area contributed by atoms with Gasteiger partial charge in [0.25, 0.3) is 0 Å². The molecule has 1 atom stereocenters. The summed E-state index contributed by atoms with van der Waals surface area (Å²) in [5, 5.41) is 0. The van der Waals surface area contributed by atoms with E-state index in [1.165, 1.54) is 27.8 Å². The minimum atomic E-state index is 0.195. The fraction of sp³-hybridized carbons (Fsp3) is 0.375. The van der Waals surface area contributed by atoms with E-state index in [9.17, 15) is 0 Å². The van der Waals surface area contributed by atoms with Crippen molar-refractivity contribution in [3.8, 4) is 12.3 Å². The molecule has 0 unspecified atom stereocenters. The molecular weight excluding hydrogens is 192 g/mol. The lowest BCUT2D eigenvalue weighted by molar-refractivity contribution is 0.982. The van der Waals surface area contributed by atoms with Gasteiger partial charge in [0.05, 0.1) is 0 Å². The Kier molecular flexibility index (Phi) is 3.96. The van der Waals surface area contributed by atoms with Gasteiger partial charge >= 0.3 is 0 Å². The van der Waals surface area contributed by atoms with Gasteiger partial charge in [-0.1, -0.05) is 24.1 Å². The van der Waals surface area contributed by atoms with Gasteiger partial charge in [-0.05, 0) is 62.4 Å². The van der Waals surface area contributed by atoms with E-state index < -0.39 is 0 Å². The van der Waals surface area contributed by atoms with Crippen LogP contribution >= 0.6 is 0 Å². The maximum absolute atomic E-state index is 5.40. The van der Waals surface area contributed by atoms with Gasteiger partial charge in [0.2, 0.25) is 0 Å². The van der Waals surface area contributed by atoms with E-state index in [2.05, 4.69) is 51.8 Å². The summed E-state index contributed by atoms with van der Waals surface area (Å²) >= 11 is 0. The Morgan fingerprint density at radius 2 is 1.75 bits per heavy atom. The van der Waals surface area contributed by atoms with Crippen LogP contribution in [-0.4, -0.2) is 0 Å². The molecule has 0 spiro atoms. The molecule has 0 aromatic heterocycles. The van der Waals surface area contributed by atoms with Gasteiger partial charge < -0.3 is 0 Å². The number of hydrogen-bond donors (Lipinski definition) is 0. The first-order valence-electron chi connectivity index (χ1n) is 5.68. The Morgan fingerprint density at radius 3 is 2.31 bits per heavy atom. The van der Waals surface area contributed by atoms with Crippen LogP contribution in [-0.2, 0) is 0 Å². The predicted molar refractivity (Wildman–Crippen MR) is 72.3 cm³/mol. The zero-order chi connectivity index (χ0) is 12.3. The van der Waals surface area contributed by atoms with Crippen LogP contribution in [0.2, 0.25) is 0 Å². The minimum absolute atomic E-state index is 0.195. The lowest BCUT2D eigenvalue weighted by Gasteiger charge is -2.11. The summed E-state index contributed by atoms with van der Waals surface area (Å²) in [5.41, 5.74) is 6.58. The predicted octanol–water partition coefficient (Wildman–Crippen LogP) is 4.28. The summed E-state index contributed by atoms with van der Waals surface area (Å²) in [6, 6.07) is 4.49. The third-order valence-electron chi connectivity index (χ3n) is 3.03. The normalized spacial score (nSPS) is 13.4. The largest absolute Gasteiger partial charge is 0.119 e. The molecule has 0 nitrogen and oxygen atoms in total. The molecule has 0 amide bonds. The topological polar surface area (TPSA) is 0 Å². The molecule has 84 valence electrons. The van der Waals surface area contributed by atoms with Gasteiger partial charge in [0.1, 0.15) is 0 Å². The Labute approximate surface area is 99.4 Å². The van der Waals surface area contributed by atoms with Gasteiger partial charge in [-0.25, -0.2) is 0 Å². The molecule has 0 N–H and O–H groups in total. The van der Waals surface area contributed by atoms with Crippen molar-refractivity contribution in [1.82, 2.24) is 0 Å². The van der Waals surface area contributed by atoms with Crippen molar-refractivity contribution in [2.24, 2.45) is 5.92 Å². The van der Waals surface area contributed by atoms with E-state index in [0.29, 0.717) is 0 Å². The van der Waals surface area contributed by atoms with E-state index >= 15 is 0 Å². The number of allylic oxidation sites excluding steroid dienone is 2. The molecule has 0 heteroatoms. The van der Waals surface area contributed by atoms with Crippen molar-refractivity contribution >= 4 is 5.57 Å². The molecule has 1 aromatic carbocycles. The van der Waals surface area contributed by atoms with Crippen LogP contribution in [0, 0.1) is 39.0 Å². The number of hydrogen-bond acceptors (Lipinski definition) is 0. The van der Waals surface area contributed by atoms with E-state index in [1.807, 2.05) is 6.92 Å². The fourth-order valence-corrected chi connectivity index (χ4v) is 1.90. The standard InChI is InChI=1S/C16H20/c1-7-11(2)8-14(5)16-10-13(4)12(3)9-15(16)6/h1,8-11H,2-6H3/b14-8-/t11-/m0/s1. The van der Waals surface area contributed by atoms with Crippen LogP contribution in [0.25, 0.3) is 5.57 Å². The van der Waals surface area contributed by atoms with Gasteiger partial charge in [-0.15, -0.1) is 6.42 Å².